The van der Waals surface area contributed by atoms with Gasteiger partial charge in [-0.15, -0.1) is 0 Å². The zero-order chi connectivity index (χ0) is 15.4. The lowest BCUT2D eigenvalue weighted by atomic mass is 9.89. The molecule has 0 saturated heterocycles. The number of rotatable bonds is 5. The number of ether oxygens (including phenoxy) is 1. The average molecular weight is 313 g/mol. The molecule has 2 rings (SSSR count). The summed E-state index contributed by atoms with van der Waals surface area (Å²) < 4.78 is 5.15. The van der Waals surface area contributed by atoms with Crippen LogP contribution in [-0.4, -0.2) is 42.9 Å². The highest BCUT2D eigenvalue weighted by Crippen LogP contribution is 2.24. The summed E-state index contributed by atoms with van der Waals surface area (Å²) in [5, 5.41) is 12.3. The van der Waals surface area contributed by atoms with Gasteiger partial charge in [0.15, 0.2) is 0 Å². The Balaban J connectivity index is 2.03. The molecule has 1 saturated carbocycles. The number of carboxylic acid groups (broad SMARTS) is 1. The van der Waals surface area contributed by atoms with Crippen molar-refractivity contribution >= 4 is 29.3 Å². The van der Waals surface area contributed by atoms with Gasteiger partial charge in [-0.05, 0) is 37.1 Å². The largest absolute Gasteiger partial charge is 0.480 e. The van der Waals surface area contributed by atoms with Crippen LogP contribution in [-0.2, 0) is 9.53 Å². The minimum atomic E-state index is -1.08. The highest BCUT2D eigenvalue weighted by molar-refractivity contribution is 6.30. The van der Waals surface area contributed by atoms with Crippen LogP contribution in [0.2, 0.25) is 5.02 Å². The van der Waals surface area contributed by atoms with Crippen LogP contribution in [0, 0.1) is 0 Å². The number of amides is 2. The second kappa shape index (κ2) is 6.78. The Morgan fingerprint density at radius 2 is 2.00 bits per heavy atom. The van der Waals surface area contributed by atoms with Gasteiger partial charge in [-0.1, -0.05) is 11.6 Å². The molecular weight excluding hydrogens is 296 g/mol. The molecule has 1 aliphatic carbocycles. The van der Waals surface area contributed by atoms with Crippen molar-refractivity contribution in [1.82, 2.24) is 5.32 Å². The van der Waals surface area contributed by atoms with Crippen molar-refractivity contribution in [2.75, 3.05) is 18.6 Å². The first kappa shape index (κ1) is 15.6. The second-order valence-electron chi connectivity index (χ2n) is 4.93. The highest BCUT2D eigenvalue weighted by Gasteiger charge is 2.32. The molecule has 6 nitrogen and oxygen atoms in total. The molecular formula is C14H17ClN2O4. The number of hydrogen-bond acceptors (Lipinski definition) is 3. The Labute approximate surface area is 127 Å². The Hall–Kier alpha value is -1.79. The van der Waals surface area contributed by atoms with Crippen molar-refractivity contribution in [3.8, 4) is 0 Å². The monoisotopic (exact) mass is 312 g/mol. The summed E-state index contributed by atoms with van der Waals surface area (Å²) in [5.74, 6) is -1.08. The molecule has 0 unspecified atom stereocenters. The van der Waals surface area contributed by atoms with Crippen LogP contribution in [0.25, 0.3) is 0 Å². The summed E-state index contributed by atoms with van der Waals surface area (Å²) in [4.78, 5) is 24.4. The summed E-state index contributed by atoms with van der Waals surface area (Å²) in [5.41, 5.74) is 0.488. The molecule has 7 heteroatoms. The van der Waals surface area contributed by atoms with E-state index in [0.29, 0.717) is 10.7 Å². The van der Waals surface area contributed by atoms with Crippen molar-refractivity contribution in [3.05, 3.63) is 29.3 Å². The molecule has 2 amide bonds. The number of nitrogens with one attached hydrogen (secondary N) is 1. The van der Waals surface area contributed by atoms with Crippen LogP contribution in [0.3, 0.4) is 0 Å². The predicted octanol–water partition coefficient (Wildman–Crippen LogP) is 2.12. The number of anilines is 1. The lowest BCUT2D eigenvalue weighted by molar-refractivity contribution is -0.135. The summed E-state index contributed by atoms with van der Waals surface area (Å²) in [6, 6.07) is 6.05. The van der Waals surface area contributed by atoms with Gasteiger partial charge in [-0.25, -0.2) is 4.79 Å². The number of methoxy groups -OCH3 is 1. The second-order valence-corrected chi connectivity index (χ2v) is 5.37. The predicted molar refractivity (Wildman–Crippen MR) is 78.8 cm³/mol. The first-order valence-corrected chi connectivity index (χ1v) is 6.95. The SMILES string of the molecule is COC1CC(NC(=O)N(CC(=O)O)c2ccc(Cl)cc2)C1. The van der Waals surface area contributed by atoms with E-state index in [1.807, 2.05) is 0 Å². The molecule has 0 atom stereocenters. The number of carbonyl (C=O) groups is 2. The molecule has 0 radical (unpaired) electrons. The third-order valence-electron chi connectivity index (χ3n) is 3.43. The molecule has 1 aliphatic rings. The fraction of sp³-hybridized carbons (Fsp3) is 0.429. The number of aliphatic carboxylic acids is 1. The van der Waals surface area contributed by atoms with Crippen molar-refractivity contribution in [2.24, 2.45) is 0 Å². The maximum Gasteiger partial charge on any atom is 0.323 e. The number of hydrogen-bond donors (Lipinski definition) is 2. The maximum absolute atomic E-state index is 12.2. The molecule has 0 bridgehead atoms. The van der Waals surface area contributed by atoms with Crippen molar-refractivity contribution < 1.29 is 19.4 Å². The first-order valence-electron chi connectivity index (χ1n) is 6.57. The van der Waals surface area contributed by atoms with E-state index in [-0.39, 0.29) is 12.1 Å². The third kappa shape index (κ3) is 4.09. The Bertz CT molecular complexity index is 514. The topological polar surface area (TPSA) is 78.9 Å². The van der Waals surface area contributed by atoms with Gasteiger partial charge in [0.05, 0.1) is 6.10 Å². The lowest BCUT2D eigenvalue weighted by Gasteiger charge is -2.36. The van der Waals surface area contributed by atoms with E-state index < -0.39 is 18.5 Å². The summed E-state index contributed by atoms with van der Waals surface area (Å²) in [6.07, 6.45) is 1.65. The average Bonchev–Trinajstić information content (AvgIpc) is 2.40. The van der Waals surface area contributed by atoms with Crippen LogP contribution in [0.1, 0.15) is 12.8 Å². The van der Waals surface area contributed by atoms with E-state index in [0.717, 1.165) is 12.8 Å². The van der Waals surface area contributed by atoms with Crippen LogP contribution >= 0.6 is 11.6 Å². The molecule has 1 aromatic carbocycles. The van der Waals surface area contributed by atoms with Crippen LogP contribution in [0.5, 0.6) is 0 Å². The van der Waals surface area contributed by atoms with Crippen LogP contribution in [0.15, 0.2) is 24.3 Å². The number of halogens is 1. The molecule has 0 aromatic heterocycles. The van der Waals surface area contributed by atoms with E-state index in [4.69, 9.17) is 21.4 Å². The number of urea groups is 1. The smallest absolute Gasteiger partial charge is 0.323 e. The van der Waals surface area contributed by atoms with Crippen molar-refractivity contribution in [1.29, 1.82) is 0 Å². The van der Waals surface area contributed by atoms with E-state index >= 15 is 0 Å². The molecule has 21 heavy (non-hydrogen) atoms. The molecule has 1 aromatic rings. The third-order valence-corrected chi connectivity index (χ3v) is 3.68. The molecule has 0 aliphatic heterocycles. The van der Waals surface area contributed by atoms with Gasteiger partial charge in [0.25, 0.3) is 0 Å². The number of benzene rings is 1. The zero-order valence-corrected chi connectivity index (χ0v) is 12.3. The van der Waals surface area contributed by atoms with Gasteiger partial charge < -0.3 is 15.2 Å². The minimum absolute atomic E-state index is 0.0195. The molecule has 0 spiro atoms. The summed E-state index contributed by atoms with van der Waals surface area (Å²) >= 11 is 5.80. The molecule has 1 fully saturated rings. The fourth-order valence-electron chi connectivity index (χ4n) is 2.17. The van der Waals surface area contributed by atoms with E-state index in [1.54, 1.807) is 31.4 Å². The van der Waals surface area contributed by atoms with E-state index in [2.05, 4.69) is 5.32 Å². The van der Waals surface area contributed by atoms with Gasteiger partial charge >= 0.3 is 12.0 Å². The molecule has 2 N–H and O–H groups in total. The van der Waals surface area contributed by atoms with Crippen molar-refractivity contribution in [2.45, 2.75) is 25.0 Å². The van der Waals surface area contributed by atoms with Gasteiger partial charge in [0.2, 0.25) is 0 Å². The zero-order valence-electron chi connectivity index (χ0n) is 11.6. The fourth-order valence-corrected chi connectivity index (χ4v) is 2.29. The molecule has 114 valence electrons. The van der Waals surface area contributed by atoms with E-state index in [9.17, 15) is 9.59 Å². The van der Waals surface area contributed by atoms with Gasteiger partial charge in [-0.3, -0.25) is 9.69 Å². The number of nitrogens with zero attached hydrogens (tertiary/aromatic N) is 1. The van der Waals surface area contributed by atoms with Crippen molar-refractivity contribution in [3.63, 3.8) is 0 Å². The van der Waals surface area contributed by atoms with E-state index in [1.165, 1.54) is 4.90 Å². The number of carbonyl (C=O) groups excluding carboxylic acids is 1. The standard InChI is InChI=1S/C14H17ClN2O4/c1-21-12-6-10(7-12)16-14(20)17(8-13(18)19)11-4-2-9(15)3-5-11/h2-5,10,12H,6-8H2,1H3,(H,16,20)(H,18,19). The van der Waals surface area contributed by atoms with Crippen LogP contribution < -0.4 is 10.2 Å². The maximum atomic E-state index is 12.2. The Kier molecular flexibility index (Phi) is 5.03. The lowest BCUT2D eigenvalue weighted by Crippen LogP contribution is -2.52. The van der Waals surface area contributed by atoms with Gasteiger partial charge in [0.1, 0.15) is 6.54 Å². The first-order chi connectivity index (χ1) is 9.99. The van der Waals surface area contributed by atoms with Gasteiger partial charge in [0, 0.05) is 23.9 Å². The Morgan fingerprint density at radius 1 is 1.38 bits per heavy atom. The molecule has 0 heterocycles. The quantitative estimate of drug-likeness (QED) is 0.873. The summed E-state index contributed by atoms with van der Waals surface area (Å²) in [7, 11) is 1.63. The number of carboxylic acids is 1. The normalized spacial score (nSPS) is 20.5. The van der Waals surface area contributed by atoms with Gasteiger partial charge in [-0.2, -0.15) is 0 Å². The Morgan fingerprint density at radius 3 is 2.52 bits per heavy atom. The van der Waals surface area contributed by atoms with Crippen LogP contribution in [0.4, 0.5) is 10.5 Å². The highest BCUT2D eigenvalue weighted by atomic mass is 35.5. The minimum Gasteiger partial charge on any atom is -0.480 e. The summed E-state index contributed by atoms with van der Waals surface area (Å²) in [6.45, 7) is -0.409.